The fraction of sp³-hybridized carbons (Fsp3) is 0.471. The summed E-state index contributed by atoms with van der Waals surface area (Å²) in [5, 5.41) is 13.1. The van der Waals surface area contributed by atoms with E-state index >= 15 is 0 Å². The van der Waals surface area contributed by atoms with Crippen LogP contribution in [0.1, 0.15) is 69.8 Å². The minimum atomic E-state index is -2.00. The monoisotopic (exact) mass is 575 g/mol. The minimum absolute atomic E-state index is 0.104. The van der Waals surface area contributed by atoms with Gasteiger partial charge in [-0.15, -0.1) is 0 Å². The number of likely N-dealkylation sites (N-methyl/N-ethyl adjacent to an activating group) is 1. The molecule has 1 heterocycles. The summed E-state index contributed by atoms with van der Waals surface area (Å²) >= 11 is 0. The standard InChI is InChI=1S/C34H49NO3Si2/c1-32(2,3)39(8,9)37-28-19-17-27(18-20-28)34(36)30-22-21-29(38-40(10,11)33(4,5)6)23-26(30)24-35(7)31(34)25-15-13-12-14-16-25/h12-23,31,36H,24H2,1-11H3/t31-,34-/m1/s1. The van der Waals surface area contributed by atoms with Gasteiger partial charge in [-0.2, -0.15) is 0 Å². The van der Waals surface area contributed by atoms with Crippen molar-refractivity contribution in [3.63, 3.8) is 0 Å². The fourth-order valence-electron chi connectivity index (χ4n) is 5.08. The molecule has 1 aliphatic rings. The molecule has 3 aromatic rings. The average molecular weight is 576 g/mol. The zero-order chi connectivity index (χ0) is 29.7. The molecule has 0 bridgehead atoms. The van der Waals surface area contributed by atoms with Crippen LogP contribution in [0.3, 0.4) is 0 Å². The summed E-state index contributed by atoms with van der Waals surface area (Å²) in [6.45, 7) is 23.3. The van der Waals surface area contributed by atoms with Crippen LogP contribution in [-0.2, 0) is 12.1 Å². The molecular formula is C34H49NO3Si2. The maximum Gasteiger partial charge on any atom is 0.250 e. The van der Waals surface area contributed by atoms with Crippen molar-refractivity contribution in [2.45, 2.75) is 96.0 Å². The van der Waals surface area contributed by atoms with Crippen LogP contribution in [0.2, 0.25) is 36.3 Å². The summed E-state index contributed by atoms with van der Waals surface area (Å²) in [5.41, 5.74) is 2.71. The summed E-state index contributed by atoms with van der Waals surface area (Å²) < 4.78 is 13.2. The van der Waals surface area contributed by atoms with Crippen LogP contribution in [0.15, 0.2) is 72.8 Å². The molecule has 40 heavy (non-hydrogen) atoms. The van der Waals surface area contributed by atoms with Gasteiger partial charge < -0.3 is 14.0 Å². The Morgan fingerprint density at radius 2 is 1.25 bits per heavy atom. The highest BCUT2D eigenvalue weighted by molar-refractivity contribution is 6.75. The molecule has 216 valence electrons. The van der Waals surface area contributed by atoms with E-state index in [4.69, 9.17) is 8.85 Å². The Labute approximate surface area is 244 Å². The van der Waals surface area contributed by atoms with Crippen molar-refractivity contribution in [1.29, 1.82) is 0 Å². The lowest BCUT2D eigenvalue weighted by Crippen LogP contribution is -2.48. The molecule has 0 aromatic heterocycles. The van der Waals surface area contributed by atoms with Gasteiger partial charge in [-0.25, -0.2) is 0 Å². The van der Waals surface area contributed by atoms with Crippen molar-refractivity contribution in [3.8, 4) is 11.5 Å². The van der Waals surface area contributed by atoms with Gasteiger partial charge in [-0.05, 0) is 89.8 Å². The molecule has 1 aliphatic heterocycles. The number of aliphatic hydroxyl groups is 1. The highest BCUT2D eigenvalue weighted by Crippen LogP contribution is 2.50. The highest BCUT2D eigenvalue weighted by Gasteiger charge is 2.48. The number of benzene rings is 3. The van der Waals surface area contributed by atoms with Gasteiger partial charge in [0.25, 0.3) is 0 Å². The van der Waals surface area contributed by atoms with E-state index in [1.165, 1.54) is 0 Å². The zero-order valence-corrected chi connectivity index (χ0v) is 28.4. The molecule has 2 atom stereocenters. The van der Waals surface area contributed by atoms with Crippen molar-refractivity contribution in [1.82, 2.24) is 4.90 Å². The molecular weight excluding hydrogens is 527 g/mol. The first-order chi connectivity index (χ1) is 18.4. The third-order valence-corrected chi connectivity index (χ3v) is 18.2. The molecule has 0 amide bonds. The maximum atomic E-state index is 12.9. The van der Waals surface area contributed by atoms with Gasteiger partial charge in [0.1, 0.15) is 17.1 Å². The SMILES string of the molecule is CN1Cc2cc(O[Si](C)(C)C(C)(C)C)ccc2[C@](O)(c2ccc(O[Si](C)(C)C(C)(C)C)cc2)[C@H]1c1ccccc1. The molecule has 0 saturated carbocycles. The van der Waals surface area contributed by atoms with Crippen LogP contribution in [0.5, 0.6) is 11.5 Å². The number of rotatable bonds is 6. The summed E-state index contributed by atoms with van der Waals surface area (Å²) in [6.07, 6.45) is 0. The Balaban J connectivity index is 1.81. The van der Waals surface area contributed by atoms with Crippen molar-refractivity contribution in [2.75, 3.05) is 7.05 Å². The van der Waals surface area contributed by atoms with E-state index in [1.807, 2.05) is 48.5 Å². The molecule has 1 N–H and O–H groups in total. The molecule has 0 aliphatic carbocycles. The first kappa shape index (κ1) is 30.6. The van der Waals surface area contributed by atoms with Crippen LogP contribution in [0.4, 0.5) is 0 Å². The van der Waals surface area contributed by atoms with Gasteiger partial charge in [0.2, 0.25) is 16.6 Å². The highest BCUT2D eigenvalue weighted by atomic mass is 28.4. The second-order valence-electron chi connectivity index (χ2n) is 14.6. The van der Waals surface area contributed by atoms with E-state index in [2.05, 4.69) is 104 Å². The van der Waals surface area contributed by atoms with E-state index < -0.39 is 22.2 Å². The normalized spacial score (nSPS) is 20.6. The van der Waals surface area contributed by atoms with E-state index in [0.29, 0.717) is 0 Å². The molecule has 3 aromatic carbocycles. The van der Waals surface area contributed by atoms with E-state index in [9.17, 15) is 5.11 Å². The Hall–Kier alpha value is -2.39. The predicted molar refractivity (Wildman–Crippen MR) is 172 cm³/mol. The maximum absolute atomic E-state index is 12.9. The van der Waals surface area contributed by atoms with Gasteiger partial charge in [-0.1, -0.05) is 90.1 Å². The van der Waals surface area contributed by atoms with E-state index in [1.54, 1.807) is 0 Å². The first-order valence-corrected chi connectivity index (χ1v) is 20.3. The lowest BCUT2D eigenvalue weighted by Gasteiger charge is -2.47. The summed E-state index contributed by atoms with van der Waals surface area (Å²) in [6, 6.07) is 24.5. The molecule has 4 rings (SSSR count). The molecule has 4 nitrogen and oxygen atoms in total. The van der Waals surface area contributed by atoms with Crippen molar-refractivity contribution in [3.05, 3.63) is 95.1 Å². The first-order valence-electron chi connectivity index (χ1n) is 14.5. The quantitative estimate of drug-likeness (QED) is 0.298. The van der Waals surface area contributed by atoms with Crippen LogP contribution in [0.25, 0.3) is 0 Å². The molecule has 0 saturated heterocycles. The summed E-state index contributed by atoms with van der Waals surface area (Å²) in [4.78, 5) is 2.26. The third-order valence-electron chi connectivity index (χ3n) is 9.51. The average Bonchev–Trinajstić information content (AvgIpc) is 2.83. The number of hydrogen-bond acceptors (Lipinski definition) is 4. The summed E-state index contributed by atoms with van der Waals surface area (Å²) in [5.74, 6) is 1.75. The molecule has 0 radical (unpaired) electrons. The zero-order valence-electron chi connectivity index (χ0n) is 26.4. The largest absolute Gasteiger partial charge is 0.544 e. The Morgan fingerprint density at radius 3 is 1.77 bits per heavy atom. The Kier molecular flexibility index (Phi) is 8.00. The van der Waals surface area contributed by atoms with E-state index in [-0.39, 0.29) is 16.1 Å². The van der Waals surface area contributed by atoms with Crippen molar-refractivity contribution < 1.29 is 14.0 Å². The van der Waals surface area contributed by atoms with Crippen LogP contribution >= 0.6 is 0 Å². The van der Waals surface area contributed by atoms with Gasteiger partial charge in [-0.3, -0.25) is 4.90 Å². The van der Waals surface area contributed by atoms with Gasteiger partial charge in [0.15, 0.2) is 0 Å². The van der Waals surface area contributed by atoms with Crippen LogP contribution in [0, 0.1) is 0 Å². The molecule has 0 unspecified atom stereocenters. The number of fused-ring (bicyclic) bond motifs is 1. The Bertz CT molecular complexity index is 1320. The molecule has 6 heteroatoms. The summed E-state index contributed by atoms with van der Waals surface area (Å²) in [7, 11) is -1.88. The smallest absolute Gasteiger partial charge is 0.250 e. The van der Waals surface area contributed by atoms with Crippen LogP contribution in [-0.4, -0.2) is 33.7 Å². The molecule has 0 fully saturated rings. The van der Waals surface area contributed by atoms with Crippen LogP contribution < -0.4 is 8.85 Å². The lowest BCUT2D eigenvalue weighted by molar-refractivity contribution is -0.0302. The van der Waals surface area contributed by atoms with E-state index in [0.717, 1.165) is 40.3 Å². The van der Waals surface area contributed by atoms with Crippen molar-refractivity contribution in [2.24, 2.45) is 0 Å². The number of hydrogen-bond donors (Lipinski definition) is 1. The third kappa shape index (κ3) is 5.69. The molecule has 0 spiro atoms. The van der Waals surface area contributed by atoms with Gasteiger partial charge in [0.05, 0.1) is 6.04 Å². The number of nitrogens with zero attached hydrogens (tertiary/aromatic N) is 1. The predicted octanol–water partition coefficient (Wildman–Crippen LogP) is 8.88. The Morgan fingerprint density at radius 1 is 0.750 bits per heavy atom. The fourth-order valence-corrected chi connectivity index (χ4v) is 7.13. The second kappa shape index (κ2) is 10.5. The van der Waals surface area contributed by atoms with Gasteiger partial charge in [0, 0.05) is 6.54 Å². The minimum Gasteiger partial charge on any atom is -0.544 e. The topological polar surface area (TPSA) is 41.9 Å². The van der Waals surface area contributed by atoms with Gasteiger partial charge >= 0.3 is 0 Å². The van der Waals surface area contributed by atoms with Crippen molar-refractivity contribution >= 4 is 16.6 Å². The lowest BCUT2D eigenvalue weighted by atomic mass is 9.72. The second-order valence-corrected chi connectivity index (χ2v) is 24.0.